The highest BCUT2D eigenvalue weighted by molar-refractivity contribution is 5.80. The Balaban J connectivity index is 1.91. The topological polar surface area (TPSA) is 38.3 Å². The van der Waals surface area contributed by atoms with Crippen LogP contribution >= 0.6 is 0 Å². The third-order valence-electron chi connectivity index (χ3n) is 3.42. The summed E-state index contributed by atoms with van der Waals surface area (Å²) in [5.41, 5.74) is 0.711. The molecule has 0 radical (unpaired) electrons. The van der Waals surface area contributed by atoms with Gasteiger partial charge in [-0.05, 0) is 43.7 Å². The number of nitrogens with one attached hydrogen (secondary N) is 1. The molecule has 0 unspecified atom stereocenters. The van der Waals surface area contributed by atoms with Gasteiger partial charge in [0.2, 0.25) is 0 Å². The summed E-state index contributed by atoms with van der Waals surface area (Å²) in [4.78, 5) is 12.0. The monoisotopic (exact) mass is 337 g/mol. The summed E-state index contributed by atoms with van der Waals surface area (Å²) >= 11 is 0. The predicted octanol–water partition coefficient (Wildman–Crippen LogP) is 4.10. The van der Waals surface area contributed by atoms with Gasteiger partial charge in [0.25, 0.3) is 5.91 Å². The molecule has 0 aliphatic heterocycles. The largest absolute Gasteiger partial charge is 0.481 e. The molecule has 3 nitrogen and oxygen atoms in total. The fraction of sp³-hybridized carbons (Fsp3) is 0.278. The van der Waals surface area contributed by atoms with E-state index in [1.807, 2.05) is 19.1 Å². The number of alkyl halides is 3. The zero-order valence-corrected chi connectivity index (χ0v) is 13.4. The minimum absolute atomic E-state index is 0.00432. The summed E-state index contributed by atoms with van der Waals surface area (Å²) in [5.74, 6) is 0.162. The molecule has 0 saturated carbocycles. The van der Waals surface area contributed by atoms with Gasteiger partial charge in [-0.25, -0.2) is 0 Å². The summed E-state index contributed by atoms with van der Waals surface area (Å²) in [6.07, 6.45) is -5.15. The Morgan fingerprint density at radius 3 is 2.46 bits per heavy atom. The maximum atomic E-state index is 12.7. The van der Waals surface area contributed by atoms with Gasteiger partial charge in [0.1, 0.15) is 5.75 Å². The maximum absolute atomic E-state index is 12.7. The lowest BCUT2D eigenvalue weighted by atomic mass is 10.1. The lowest BCUT2D eigenvalue weighted by Gasteiger charge is -2.15. The minimum atomic E-state index is -4.40. The third-order valence-corrected chi connectivity index (χ3v) is 3.42. The van der Waals surface area contributed by atoms with Gasteiger partial charge in [-0.3, -0.25) is 4.79 Å². The highest BCUT2D eigenvalue weighted by Gasteiger charge is 2.30. The number of halogens is 3. The number of ether oxygens (including phenoxy) is 1. The molecule has 0 aliphatic carbocycles. The van der Waals surface area contributed by atoms with E-state index in [2.05, 4.69) is 5.32 Å². The molecule has 1 atom stereocenters. The van der Waals surface area contributed by atoms with E-state index >= 15 is 0 Å². The molecule has 1 N–H and O–H groups in total. The number of rotatable bonds is 5. The average Bonchev–Trinajstić information content (AvgIpc) is 2.54. The molecule has 0 bridgehead atoms. The SMILES string of the molecule is Cc1ccc(O[C@@H](C)C(=O)NCc2cccc(C(F)(F)F)c2)cc1. The van der Waals surface area contributed by atoms with Crippen molar-refractivity contribution >= 4 is 5.91 Å². The van der Waals surface area contributed by atoms with Crippen molar-refractivity contribution < 1.29 is 22.7 Å². The smallest absolute Gasteiger partial charge is 0.416 e. The Hall–Kier alpha value is -2.50. The van der Waals surface area contributed by atoms with Gasteiger partial charge in [-0.1, -0.05) is 29.8 Å². The molecule has 0 saturated heterocycles. The van der Waals surface area contributed by atoms with E-state index in [9.17, 15) is 18.0 Å². The van der Waals surface area contributed by atoms with Crippen molar-refractivity contribution in [2.45, 2.75) is 32.7 Å². The van der Waals surface area contributed by atoms with E-state index < -0.39 is 23.8 Å². The number of carbonyl (C=O) groups excluding carboxylic acids is 1. The number of amides is 1. The van der Waals surface area contributed by atoms with Crippen LogP contribution in [0.2, 0.25) is 0 Å². The quantitative estimate of drug-likeness (QED) is 0.892. The first kappa shape index (κ1) is 17.8. The van der Waals surface area contributed by atoms with Crippen LogP contribution in [0.3, 0.4) is 0 Å². The van der Waals surface area contributed by atoms with Gasteiger partial charge >= 0.3 is 6.18 Å². The number of carbonyl (C=O) groups is 1. The van der Waals surface area contributed by atoms with Crippen LogP contribution in [0.25, 0.3) is 0 Å². The van der Waals surface area contributed by atoms with Crippen LogP contribution in [0.4, 0.5) is 13.2 Å². The van der Waals surface area contributed by atoms with E-state index in [4.69, 9.17) is 4.74 Å². The summed E-state index contributed by atoms with van der Waals surface area (Å²) < 4.78 is 43.5. The predicted molar refractivity (Wildman–Crippen MR) is 84.6 cm³/mol. The molecule has 0 fully saturated rings. The first-order valence-electron chi connectivity index (χ1n) is 7.43. The zero-order valence-electron chi connectivity index (χ0n) is 13.4. The lowest BCUT2D eigenvalue weighted by molar-refractivity contribution is -0.137. The van der Waals surface area contributed by atoms with Crippen molar-refractivity contribution in [3.8, 4) is 5.75 Å². The second-order valence-electron chi connectivity index (χ2n) is 5.49. The van der Waals surface area contributed by atoms with Crippen LogP contribution in [-0.2, 0) is 17.5 Å². The molecule has 24 heavy (non-hydrogen) atoms. The summed E-state index contributed by atoms with van der Waals surface area (Å²) in [6, 6.07) is 12.1. The van der Waals surface area contributed by atoms with Crippen LogP contribution in [0.5, 0.6) is 5.75 Å². The van der Waals surface area contributed by atoms with Gasteiger partial charge in [-0.2, -0.15) is 13.2 Å². The number of hydrogen-bond donors (Lipinski definition) is 1. The molecule has 6 heteroatoms. The summed E-state index contributed by atoms with van der Waals surface area (Å²) in [6.45, 7) is 3.53. The molecule has 0 spiro atoms. The Morgan fingerprint density at radius 1 is 1.17 bits per heavy atom. The van der Waals surface area contributed by atoms with Crippen molar-refractivity contribution in [2.75, 3.05) is 0 Å². The minimum Gasteiger partial charge on any atom is -0.481 e. The van der Waals surface area contributed by atoms with Crippen LogP contribution in [0.15, 0.2) is 48.5 Å². The van der Waals surface area contributed by atoms with Crippen LogP contribution < -0.4 is 10.1 Å². The molecule has 1 amide bonds. The van der Waals surface area contributed by atoms with Crippen LogP contribution in [-0.4, -0.2) is 12.0 Å². The molecule has 0 aliphatic rings. The number of hydrogen-bond acceptors (Lipinski definition) is 2. The molecule has 2 aromatic carbocycles. The highest BCUT2D eigenvalue weighted by atomic mass is 19.4. The Kier molecular flexibility index (Phi) is 5.49. The Labute approximate surface area is 138 Å². The van der Waals surface area contributed by atoms with Gasteiger partial charge in [-0.15, -0.1) is 0 Å². The molecular weight excluding hydrogens is 319 g/mol. The molecule has 2 rings (SSSR count). The summed E-state index contributed by atoms with van der Waals surface area (Å²) in [5, 5.41) is 2.58. The van der Waals surface area contributed by atoms with Gasteiger partial charge in [0, 0.05) is 6.54 Å². The van der Waals surface area contributed by atoms with E-state index in [0.29, 0.717) is 11.3 Å². The van der Waals surface area contributed by atoms with Crippen molar-refractivity contribution in [3.05, 3.63) is 65.2 Å². The fourth-order valence-corrected chi connectivity index (χ4v) is 2.07. The highest BCUT2D eigenvalue weighted by Crippen LogP contribution is 2.29. The van der Waals surface area contributed by atoms with Crippen molar-refractivity contribution in [3.63, 3.8) is 0 Å². The lowest BCUT2D eigenvalue weighted by Crippen LogP contribution is -2.35. The van der Waals surface area contributed by atoms with E-state index in [1.54, 1.807) is 19.1 Å². The van der Waals surface area contributed by atoms with E-state index in [1.165, 1.54) is 12.1 Å². The standard InChI is InChI=1S/C18H18F3NO2/c1-12-6-8-16(9-7-12)24-13(2)17(23)22-11-14-4-3-5-15(10-14)18(19,20)21/h3-10,13H,11H2,1-2H3,(H,22,23)/t13-/m0/s1. The van der Waals surface area contributed by atoms with Gasteiger partial charge in [0.15, 0.2) is 6.10 Å². The first-order valence-corrected chi connectivity index (χ1v) is 7.43. The number of benzene rings is 2. The van der Waals surface area contributed by atoms with Gasteiger partial charge in [0.05, 0.1) is 5.56 Å². The van der Waals surface area contributed by atoms with E-state index in [0.717, 1.165) is 17.7 Å². The zero-order chi connectivity index (χ0) is 17.7. The molecule has 2 aromatic rings. The third kappa shape index (κ3) is 5.01. The fourth-order valence-electron chi connectivity index (χ4n) is 2.07. The Morgan fingerprint density at radius 2 is 1.83 bits per heavy atom. The second kappa shape index (κ2) is 7.38. The van der Waals surface area contributed by atoms with Crippen molar-refractivity contribution in [2.24, 2.45) is 0 Å². The van der Waals surface area contributed by atoms with Crippen LogP contribution in [0, 0.1) is 6.92 Å². The van der Waals surface area contributed by atoms with E-state index in [-0.39, 0.29) is 6.54 Å². The Bertz CT molecular complexity index is 696. The average molecular weight is 337 g/mol. The van der Waals surface area contributed by atoms with Gasteiger partial charge < -0.3 is 10.1 Å². The molecule has 0 heterocycles. The second-order valence-corrected chi connectivity index (χ2v) is 5.49. The number of aryl methyl sites for hydroxylation is 1. The molecular formula is C18H18F3NO2. The van der Waals surface area contributed by atoms with Crippen molar-refractivity contribution in [1.29, 1.82) is 0 Å². The molecule has 0 aromatic heterocycles. The first-order chi connectivity index (χ1) is 11.3. The normalized spacial score (nSPS) is 12.5. The molecule has 128 valence electrons. The summed E-state index contributed by atoms with van der Waals surface area (Å²) in [7, 11) is 0. The van der Waals surface area contributed by atoms with Crippen LogP contribution in [0.1, 0.15) is 23.6 Å². The van der Waals surface area contributed by atoms with Crippen molar-refractivity contribution in [1.82, 2.24) is 5.32 Å². The maximum Gasteiger partial charge on any atom is 0.416 e.